The molecule has 0 heterocycles. The zero-order valence-corrected chi connectivity index (χ0v) is 8.80. The Labute approximate surface area is 89.8 Å². The zero-order valence-electron chi connectivity index (χ0n) is 8.04. The van der Waals surface area contributed by atoms with Gasteiger partial charge in [0.2, 0.25) is 0 Å². The molecule has 2 rings (SSSR count). The third-order valence-corrected chi connectivity index (χ3v) is 2.50. The predicted octanol–water partition coefficient (Wildman–Crippen LogP) is 3.11. The van der Waals surface area contributed by atoms with E-state index in [1.807, 2.05) is 18.2 Å². The van der Waals surface area contributed by atoms with Crippen molar-refractivity contribution in [1.29, 1.82) is 0 Å². The highest BCUT2D eigenvalue weighted by Gasteiger charge is 2.18. The van der Waals surface area contributed by atoms with Crippen molar-refractivity contribution >= 4 is 17.7 Å². The van der Waals surface area contributed by atoms with E-state index in [1.54, 1.807) is 0 Å². The molecule has 0 spiro atoms. The van der Waals surface area contributed by atoms with E-state index in [-0.39, 0.29) is 0 Å². The molecule has 1 nitrogen and oxygen atoms in total. The topological polar surface area (TPSA) is 12.0 Å². The van der Waals surface area contributed by atoms with Crippen LogP contribution in [0.15, 0.2) is 30.3 Å². The third kappa shape index (κ3) is 3.17. The summed E-state index contributed by atoms with van der Waals surface area (Å²) in [5.41, 5.74) is 1.16. The highest BCUT2D eigenvalue weighted by atomic mass is 35.5. The molecule has 0 atom stereocenters. The molecular formula is C12H14ClN. The van der Waals surface area contributed by atoms with Gasteiger partial charge in [-0.2, -0.15) is 0 Å². The van der Waals surface area contributed by atoms with Gasteiger partial charge in [0.05, 0.1) is 0 Å². The molecule has 1 aromatic rings. The van der Waals surface area contributed by atoms with E-state index >= 15 is 0 Å². The fourth-order valence-electron chi connectivity index (χ4n) is 1.33. The van der Waals surface area contributed by atoms with Crippen LogP contribution in [0.3, 0.4) is 0 Å². The highest BCUT2D eigenvalue weighted by Crippen LogP contribution is 2.18. The van der Waals surface area contributed by atoms with E-state index in [1.165, 1.54) is 12.8 Å². The summed E-state index contributed by atoms with van der Waals surface area (Å²) in [6, 6.07) is 8.66. The molecule has 74 valence electrons. The number of halogens is 1. The summed E-state index contributed by atoms with van der Waals surface area (Å²) in [6.07, 6.45) is 6.92. The quantitative estimate of drug-likeness (QED) is 0.800. The number of nitrogens with one attached hydrogen (secondary N) is 1. The van der Waals surface area contributed by atoms with Crippen LogP contribution in [-0.2, 0) is 0 Å². The molecule has 1 fully saturated rings. The van der Waals surface area contributed by atoms with Crippen LogP contribution < -0.4 is 5.32 Å². The van der Waals surface area contributed by atoms with Crippen molar-refractivity contribution in [2.24, 2.45) is 0 Å². The number of hydrogen-bond donors (Lipinski definition) is 1. The first-order valence-corrected chi connectivity index (χ1v) is 5.38. The summed E-state index contributed by atoms with van der Waals surface area (Å²) in [5, 5.41) is 4.22. The molecule has 1 saturated carbocycles. The average Bonchev–Trinajstić information content (AvgIpc) is 2.96. The predicted molar refractivity (Wildman–Crippen MR) is 61.5 cm³/mol. The van der Waals surface area contributed by atoms with E-state index in [0.29, 0.717) is 0 Å². The Morgan fingerprint density at radius 1 is 1.43 bits per heavy atom. The van der Waals surface area contributed by atoms with Crippen molar-refractivity contribution in [2.45, 2.75) is 18.9 Å². The van der Waals surface area contributed by atoms with Crippen LogP contribution >= 0.6 is 11.6 Å². The van der Waals surface area contributed by atoms with Crippen molar-refractivity contribution in [1.82, 2.24) is 5.32 Å². The van der Waals surface area contributed by atoms with Gasteiger partial charge in [-0.1, -0.05) is 35.9 Å². The first-order valence-electron chi connectivity index (χ1n) is 5.00. The second kappa shape index (κ2) is 4.63. The zero-order chi connectivity index (χ0) is 9.80. The van der Waals surface area contributed by atoms with Crippen molar-refractivity contribution in [2.75, 3.05) is 6.54 Å². The Balaban J connectivity index is 1.82. The van der Waals surface area contributed by atoms with E-state index < -0.39 is 0 Å². The lowest BCUT2D eigenvalue weighted by molar-refractivity contribution is 0.754. The molecule has 0 aromatic heterocycles. The molecule has 14 heavy (non-hydrogen) atoms. The Kier molecular flexibility index (Phi) is 3.22. The lowest BCUT2D eigenvalue weighted by atomic mass is 10.2. The fraction of sp³-hybridized carbons (Fsp3) is 0.333. The van der Waals surface area contributed by atoms with Gasteiger partial charge in [0.25, 0.3) is 0 Å². The van der Waals surface area contributed by atoms with Gasteiger partial charge in [-0.15, -0.1) is 0 Å². The van der Waals surface area contributed by atoms with E-state index in [2.05, 4.69) is 23.5 Å². The summed E-state index contributed by atoms with van der Waals surface area (Å²) in [4.78, 5) is 0. The molecule has 1 N–H and O–H groups in total. The Morgan fingerprint density at radius 2 is 2.29 bits per heavy atom. The average molecular weight is 208 g/mol. The third-order valence-electron chi connectivity index (χ3n) is 2.26. The molecule has 0 radical (unpaired) electrons. The SMILES string of the molecule is Clc1cccc(C=CCNC2CC2)c1. The maximum atomic E-state index is 5.87. The standard InChI is InChI=1S/C12H14ClN/c13-11-5-1-3-10(9-11)4-2-8-14-12-6-7-12/h1-5,9,12,14H,6-8H2. The van der Waals surface area contributed by atoms with E-state index in [0.717, 1.165) is 23.2 Å². The molecule has 0 aliphatic heterocycles. The highest BCUT2D eigenvalue weighted by molar-refractivity contribution is 6.30. The van der Waals surface area contributed by atoms with Crippen LogP contribution in [0.5, 0.6) is 0 Å². The van der Waals surface area contributed by atoms with E-state index in [9.17, 15) is 0 Å². The second-order valence-corrected chi connectivity index (χ2v) is 4.08. The van der Waals surface area contributed by atoms with Gasteiger partial charge < -0.3 is 5.32 Å². The minimum atomic E-state index is 0.777. The molecule has 1 aliphatic carbocycles. The Hall–Kier alpha value is -0.790. The molecule has 1 aromatic carbocycles. The Morgan fingerprint density at radius 3 is 3.00 bits per heavy atom. The van der Waals surface area contributed by atoms with Crippen LogP contribution in [0.4, 0.5) is 0 Å². The molecule has 0 saturated heterocycles. The van der Waals surface area contributed by atoms with Gasteiger partial charge in [-0.3, -0.25) is 0 Å². The van der Waals surface area contributed by atoms with Gasteiger partial charge in [-0.25, -0.2) is 0 Å². The summed E-state index contributed by atoms with van der Waals surface area (Å²) in [5.74, 6) is 0. The molecule has 1 aliphatic rings. The lowest BCUT2D eigenvalue weighted by Crippen LogP contribution is -2.15. The van der Waals surface area contributed by atoms with Gasteiger partial charge in [-0.05, 0) is 30.5 Å². The Bertz CT molecular complexity index is 329. The smallest absolute Gasteiger partial charge is 0.0411 e. The lowest BCUT2D eigenvalue weighted by Gasteiger charge is -1.96. The summed E-state index contributed by atoms with van der Waals surface area (Å²) in [6.45, 7) is 0.956. The van der Waals surface area contributed by atoms with Crippen molar-refractivity contribution in [3.8, 4) is 0 Å². The van der Waals surface area contributed by atoms with Gasteiger partial charge in [0.1, 0.15) is 0 Å². The monoisotopic (exact) mass is 207 g/mol. The largest absolute Gasteiger partial charge is 0.311 e. The molecular weight excluding hydrogens is 194 g/mol. The van der Waals surface area contributed by atoms with Crippen LogP contribution in [0, 0.1) is 0 Å². The van der Waals surface area contributed by atoms with Crippen LogP contribution in [-0.4, -0.2) is 12.6 Å². The first kappa shape index (κ1) is 9.75. The first-order chi connectivity index (χ1) is 6.84. The van der Waals surface area contributed by atoms with Crippen molar-refractivity contribution < 1.29 is 0 Å². The van der Waals surface area contributed by atoms with Gasteiger partial charge in [0.15, 0.2) is 0 Å². The molecule has 0 unspecified atom stereocenters. The summed E-state index contributed by atoms with van der Waals surface area (Å²) < 4.78 is 0. The van der Waals surface area contributed by atoms with Gasteiger partial charge in [0, 0.05) is 17.6 Å². The maximum Gasteiger partial charge on any atom is 0.0411 e. The normalized spacial score (nSPS) is 16.4. The second-order valence-electron chi connectivity index (χ2n) is 3.64. The number of hydrogen-bond acceptors (Lipinski definition) is 1. The van der Waals surface area contributed by atoms with Crippen LogP contribution in [0.2, 0.25) is 5.02 Å². The minimum Gasteiger partial charge on any atom is -0.311 e. The fourth-order valence-corrected chi connectivity index (χ4v) is 1.53. The summed E-state index contributed by atoms with van der Waals surface area (Å²) in [7, 11) is 0. The molecule has 0 bridgehead atoms. The number of rotatable bonds is 4. The van der Waals surface area contributed by atoms with Crippen LogP contribution in [0.1, 0.15) is 18.4 Å². The van der Waals surface area contributed by atoms with Crippen molar-refractivity contribution in [3.05, 3.63) is 40.9 Å². The molecule has 0 amide bonds. The van der Waals surface area contributed by atoms with Crippen molar-refractivity contribution in [3.63, 3.8) is 0 Å². The number of benzene rings is 1. The maximum absolute atomic E-state index is 5.87. The van der Waals surface area contributed by atoms with Crippen LogP contribution in [0.25, 0.3) is 6.08 Å². The van der Waals surface area contributed by atoms with E-state index in [4.69, 9.17) is 11.6 Å². The van der Waals surface area contributed by atoms with Gasteiger partial charge >= 0.3 is 0 Å². The minimum absolute atomic E-state index is 0.777. The molecule has 2 heteroatoms. The summed E-state index contributed by atoms with van der Waals surface area (Å²) >= 11 is 5.87.